The number of nitriles is 1. The van der Waals surface area contributed by atoms with Crippen LogP contribution in [0, 0.1) is 11.3 Å². The first-order chi connectivity index (χ1) is 16.2. The first-order valence-electron chi connectivity index (χ1n) is 10.5. The fourth-order valence-corrected chi connectivity index (χ4v) is 4.78. The lowest BCUT2D eigenvalue weighted by molar-refractivity contribution is 0.0689. The molecule has 0 saturated heterocycles. The van der Waals surface area contributed by atoms with Crippen LogP contribution in [0.25, 0.3) is 21.9 Å². The first-order valence-corrected chi connectivity index (χ1v) is 11.8. The first kappa shape index (κ1) is 21.4. The maximum absolute atomic E-state index is 9.84. The standard InChI is InChI=1S/C28H19ClN2OS/c29-23-12-8-19(9-13-23)17-32-28(27-16-31-18-33-27)21-10-11-22(15-30)26(14-21)25-7-3-5-20-4-1-2-6-24(20)25/h1-14,16,18,28H,17H2. The van der Waals surface area contributed by atoms with Crippen molar-refractivity contribution in [1.82, 2.24) is 4.98 Å². The van der Waals surface area contributed by atoms with Crippen molar-refractivity contribution in [2.24, 2.45) is 0 Å². The largest absolute Gasteiger partial charge is 0.363 e. The van der Waals surface area contributed by atoms with Crippen LogP contribution >= 0.6 is 22.9 Å². The van der Waals surface area contributed by atoms with Crippen LogP contribution in [0.5, 0.6) is 0 Å². The second-order valence-corrected chi connectivity index (χ2v) is 9.02. The molecule has 1 atom stereocenters. The van der Waals surface area contributed by atoms with E-state index in [0.717, 1.165) is 37.9 Å². The summed E-state index contributed by atoms with van der Waals surface area (Å²) >= 11 is 7.58. The monoisotopic (exact) mass is 466 g/mol. The van der Waals surface area contributed by atoms with Gasteiger partial charge in [0, 0.05) is 16.8 Å². The summed E-state index contributed by atoms with van der Waals surface area (Å²) in [6.45, 7) is 0.434. The van der Waals surface area contributed by atoms with Gasteiger partial charge in [-0.05, 0) is 51.7 Å². The molecule has 0 fully saturated rings. The molecule has 4 aromatic carbocycles. The summed E-state index contributed by atoms with van der Waals surface area (Å²) in [5, 5.41) is 12.8. The summed E-state index contributed by atoms with van der Waals surface area (Å²) in [6, 6.07) is 30.4. The average molecular weight is 467 g/mol. The van der Waals surface area contributed by atoms with Gasteiger partial charge in [0.25, 0.3) is 0 Å². The molecule has 0 amide bonds. The third-order valence-corrected chi connectivity index (χ3v) is 6.66. The van der Waals surface area contributed by atoms with Crippen LogP contribution in [0.1, 0.15) is 27.7 Å². The van der Waals surface area contributed by atoms with E-state index in [1.165, 1.54) is 0 Å². The van der Waals surface area contributed by atoms with Crippen molar-refractivity contribution in [3.05, 3.63) is 123 Å². The van der Waals surface area contributed by atoms with Crippen LogP contribution < -0.4 is 0 Å². The Morgan fingerprint density at radius 2 is 1.76 bits per heavy atom. The summed E-state index contributed by atoms with van der Waals surface area (Å²) < 4.78 is 6.39. The van der Waals surface area contributed by atoms with Crippen LogP contribution in [-0.2, 0) is 11.3 Å². The topological polar surface area (TPSA) is 45.9 Å². The Morgan fingerprint density at radius 1 is 0.939 bits per heavy atom. The number of rotatable bonds is 6. The van der Waals surface area contributed by atoms with Crippen molar-refractivity contribution in [1.29, 1.82) is 5.26 Å². The summed E-state index contributed by atoms with van der Waals surface area (Å²) in [5.74, 6) is 0. The molecule has 0 aliphatic rings. The lowest BCUT2D eigenvalue weighted by Crippen LogP contribution is -2.06. The van der Waals surface area contributed by atoms with Crippen molar-refractivity contribution in [2.45, 2.75) is 12.7 Å². The molecule has 5 rings (SSSR count). The molecule has 5 heteroatoms. The minimum absolute atomic E-state index is 0.297. The van der Waals surface area contributed by atoms with Gasteiger partial charge in [0.1, 0.15) is 6.10 Å². The van der Waals surface area contributed by atoms with E-state index in [1.54, 1.807) is 11.3 Å². The second-order valence-electron chi connectivity index (χ2n) is 7.66. The number of thiazole rings is 1. The molecule has 0 saturated carbocycles. The fourth-order valence-electron chi connectivity index (χ4n) is 3.96. The third kappa shape index (κ3) is 4.53. The highest BCUT2D eigenvalue weighted by Crippen LogP contribution is 2.36. The lowest BCUT2D eigenvalue weighted by atomic mass is 9.92. The van der Waals surface area contributed by atoms with Gasteiger partial charge in [-0.25, -0.2) is 0 Å². The van der Waals surface area contributed by atoms with E-state index in [1.807, 2.05) is 66.3 Å². The van der Waals surface area contributed by atoms with Crippen LogP contribution in [-0.4, -0.2) is 4.98 Å². The summed E-state index contributed by atoms with van der Waals surface area (Å²) in [7, 11) is 0. The van der Waals surface area contributed by atoms with Gasteiger partial charge in [0.05, 0.1) is 28.6 Å². The van der Waals surface area contributed by atoms with E-state index in [4.69, 9.17) is 16.3 Å². The SMILES string of the molecule is N#Cc1ccc(C(OCc2ccc(Cl)cc2)c2cncs2)cc1-c1cccc2ccccc12. The van der Waals surface area contributed by atoms with Gasteiger partial charge in [-0.2, -0.15) is 5.26 Å². The van der Waals surface area contributed by atoms with Gasteiger partial charge < -0.3 is 4.74 Å². The number of halogens is 1. The fraction of sp³-hybridized carbons (Fsp3) is 0.0714. The van der Waals surface area contributed by atoms with Gasteiger partial charge in [0.2, 0.25) is 0 Å². The zero-order valence-electron chi connectivity index (χ0n) is 17.6. The Bertz CT molecular complexity index is 1430. The number of aromatic nitrogens is 1. The van der Waals surface area contributed by atoms with Gasteiger partial charge in [-0.15, -0.1) is 11.3 Å². The molecule has 1 aromatic heterocycles. The van der Waals surface area contributed by atoms with Crippen LogP contribution in [0.4, 0.5) is 0 Å². The molecule has 0 N–H and O–H groups in total. The van der Waals surface area contributed by atoms with E-state index in [2.05, 4.69) is 41.4 Å². The molecule has 33 heavy (non-hydrogen) atoms. The Kier molecular flexibility index (Phi) is 6.19. The van der Waals surface area contributed by atoms with Crippen molar-refractivity contribution >= 4 is 33.7 Å². The second kappa shape index (κ2) is 9.56. The van der Waals surface area contributed by atoms with Gasteiger partial charge in [0.15, 0.2) is 0 Å². The van der Waals surface area contributed by atoms with Crippen LogP contribution in [0.3, 0.4) is 0 Å². The van der Waals surface area contributed by atoms with Crippen LogP contribution in [0.15, 0.2) is 96.6 Å². The van der Waals surface area contributed by atoms with Gasteiger partial charge in [-0.3, -0.25) is 4.98 Å². The summed E-state index contributed by atoms with van der Waals surface area (Å²) in [6.07, 6.45) is 1.54. The normalized spacial score (nSPS) is 11.9. The molecule has 0 bridgehead atoms. The molecule has 0 radical (unpaired) electrons. The summed E-state index contributed by atoms with van der Waals surface area (Å²) in [5.41, 5.74) is 6.40. The van der Waals surface area contributed by atoms with Crippen molar-refractivity contribution in [2.75, 3.05) is 0 Å². The molecule has 0 spiro atoms. The van der Waals surface area contributed by atoms with Gasteiger partial charge >= 0.3 is 0 Å². The molecular formula is C28H19ClN2OS. The quantitative estimate of drug-likeness (QED) is 0.256. The van der Waals surface area contributed by atoms with Crippen LogP contribution in [0.2, 0.25) is 5.02 Å². The highest BCUT2D eigenvalue weighted by Gasteiger charge is 2.19. The van der Waals surface area contributed by atoms with Crippen molar-refractivity contribution < 1.29 is 4.74 Å². The average Bonchev–Trinajstić information content (AvgIpc) is 3.39. The van der Waals surface area contributed by atoms with E-state index in [0.29, 0.717) is 17.2 Å². The molecule has 0 aliphatic carbocycles. The van der Waals surface area contributed by atoms with E-state index < -0.39 is 0 Å². The lowest BCUT2D eigenvalue weighted by Gasteiger charge is -2.19. The minimum Gasteiger partial charge on any atom is -0.363 e. The van der Waals surface area contributed by atoms with E-state index in [-0.39, 0.29) is 6.10 Å². The van der Waals surface area contributed by atoms with Crippen molar-refractivity contribution in [3.8, 4) is 17.2 Å². The van der Waals surface area contributed by atoms with E-state index in [9.17, 15) is 5.26 Å². The highest BCUT2D eigenvalue weighted by atomic mass is 35.5. The minimum atomic E-state index is -0.297. The number of hydrogen-bond donors (Lipinski definition) is 0. The molecule has 0 aliphatic heterocycles. The number of ether oxygens (including phenoxy) is 1. The molecule has 5 aromatic rings. The molecule has 1 heterocycles. The number of hydrogen-bond acceptors (Lipinski definition) is 4. The smallest absolute Gasteiger partial charge is 0.119 e. The maximum Gasteiger partial charge on any atom is 0.119 e. The summed E-state index contributed by atoms with van der Waals surface area (Å²) in [4.78, 5) is 5.27. The molecular weight excluding hydrogens is 448 g/mol. The number of benzene rings is 4. The zero-order chi connectivity index (χ0) is 22.6. The molecule has 1 unspecified atom stereocenters. The highest BCUT2D eigenvalue weighted by molar-refractivity contribution is 7.09. The zero-order valence-corrected chi connectivity index (χ0v) is 19.2. The third-order valence-electron chi connectivity index (χ3n) is 5.59. The maximum atomic E-state index is 9.84. The predicted molar refractivity (Wildman–Crippen MR) is 134 cm³/mol. The number of nitrogens with zero attached hydrogens (tertiary/aromatic N) is 2. The Morgan fingerprint density at radius 3 is 2.55 bits per heavy atom. The van der Waals surface area contributed by atoms with E-state index >= 15 is 0 Å². The molecule has 160 valence electrons. The Balaban J connectivity index is 1.57. The molecule has 3 nitrogen and oxygen atoms in total. The Hall–Kier alpha value is -3.49. The predicted octanol–water partition coefficient (Wildman–Crippen LogP) is 7.79. The van der Waals surface area contributed by atoms with Crippen molar-refractivity contribution in [3.63, 3.8) is 0 Å². The van der Waals surface area contributed by atoms with Gasteiger partial charge in [-0.1, -0.05) is 72.3 Å². The number of fused-ring (bicyclic) bond motifs is 1. The Labute approximate surface area is 201 Å².